The standard InChI is InChI=1S/C20H19N3O4S/c1-13-18(22-19(28-13)16-10-6-7-11-21-16)27-12-14-8-4-5-9-15(14)17(23-26-3)20(24)25-2/h4-11H,12H2,1-3H3/b23-17-. The molecule has 2 aromatic heterocycles. The quantitative estimate of drug-likeness (QED) is 0.344. The van der Waals surface area contributed by atoms with E-state index in [-0.39, 0.29) is 12.3 Å². The number of rotatable bonds is 7. The van der Waals surface area contributed by atoms with Gasteiger partial charge in [0.15, 0.2) is 5.71 Å². The van der Waals surface area contributed by atoms with E-state index < -0.39 is 5.97 Å². The van der Waals surface area contributed by atoms with Crippen molar-refractivity contribution in [3.8, 4) is 16.6 Å². The number of hydrogen-bond acceptors (Lipinski definition) is 8. The number of esters is 1. The Kier molecular flexibility index (Phi) is 6.33. The van der Waals surface area contributed by atoms with Crippen molar-refractivity contribution >= 4 is 23.0 Å². The lowest BCUT2D eigenvalue weighted by Crippen LogP contribution is -2.19. The van der Waals surface area contributed by atoms with Crippen molar-refractivity contribution in [2.75, 3.05) is 14.2 Å². The van der Waals surface area contributed by atoms with Crippen molar-refractivity contribution in [2.45, 2.75) is 13.5 Å². The number of oxime groups is 1. The zero-order valence-corrected chi connectivity index (χ0v) is 16.5. The van der Waals surface area contributed by atoms with Crippen molar-refractivity contribution < 1.29 is 19.1 Å². The molecule has 0 fully saturated rings. The van der Waals surface area contributed by atoms with Crippen molar-refractivity contribution in [1.82, 2.24) is 9.97 Å². The van der Waals surface area contributed by atoms with Crippen LogP contribution in [0.15, 0.2) is 53.8 Å². The number of aromatic nitrogens is 2. The first-order valence-corrected chi connectivity index (χ1v) is 9.25. The summed E-state index contributed by atoms with van der Waals surface area (Å²) in [6.07, 6.45) is 1.73. The van der Waals surface area contributed by atoms with Crippen LogP contribution in [0.5, 0.6) is 5.88 Å². The van der Waals surface area contributed by atoms with E-state index >= 15 is 0 Å². The lowest BCUT2D eigenvalue weighted by Gasteiger charge is -2.11. The molecule has 8 heteroatoms. The van der Waals surface area contributed by atoms with Crippen LogP contribution < -0.4 is 4.74 Å². The van der Waals surface area contributed by atoms with Gasteiger partial charge in [-0.05, 0) is 24.6 Å². The Morgan fingerprint density at radius 1 is 1.14 bits per heavy atom. The van der Waals surface area contributed by atoms with Gasteiger partial charge in [0, 0.05) is 11.8 Å². The lowest BCUT2D eigenvalue weighted by atomic mass is 10.0. The summed E-state index contributed by atoms with van der Waals surface area (Å²) < 4.78 is 10.7. The van der Waals surface area contributed by atoms with Crippen LogP contribution in [0.25, 0.3) is 10.7 Å². The summed E-state index contributed by atoms with van der Waals surface area (Å²) in [5, 5.41) is 4.60. The van der Waals surface area contributed by atoms with Crippen molar-refractivity contribution in [3.63, 3.8) is 0 Å². The van der Waals surface area contributed by atoms with Gasteiger partial charge in [-0.15, -0.1) is 11.3 Å². The molecule has 0 N–H and O–H groups in total. The highest BCUT2D eigenvalue weighted by Gasteiger charge is 2.20. The van der Waals surface area contributed by atoms with E-state index in [9.17, 15) is 4.79 Å². The van der Waals surface area contributed by atoms with E-state index in [1.54, 1.807) is 18.3 Å². The van der Waals surface area contributed by atoms with E-state index in [4.69, 9.17) is 14.3 Å². The van der Waals surface area contributed by atoms with Crippen LogP contribution in [-0.2, 0) is 21.0 Å². The molecule has 0 radical (unpaired) electrons. The third-order valence-electron chi connectivity index (χ3n) is 3.84. The number of carbonyl (C=O) groups excluding carboxylic acids is 1. The fourth-order valence-corrected chi connectivity index (χ4v) is 3.36. The summed E-state index contributed by atoms with van der Waals surface area (Å²) in [6, 6.07) is 13.0. The summed E-state index contributed by atoms with van der Waals surface area (Å²) in [4.78, 5) is 26.7. The Bertz CT molecular complexity index is 986. The Morgan fingerprint density at radius 3 is 2.64 bits per heavy atom. The summed E-state index contributed by atoms with van der Waals surface area (Å²) in [7, 11) is 2.67. The first-order chi connectivity index (χ1) is 13.6. The first kappa shape index (κ1) is 19.5. The molecule has 0 saturated carbocycles. The molecule has 0 bridgehead atoms. The molecule has 144 valence electrons. The molecule has 0 unspecified atom stereocenters. The largest absolute Gasteiger partial charge is 0.472 e. The molecular weight excluding hydrogens is 378 g/mol. The summed E-state index contributed by atoms with van der Waals surface area (Å²) in [5.41, 5.74) is 2.21. The van der Waals surface area contributed by atoms with E-state index in [1.165, 1.54) is 25.6 Å². The van der Waals surface area contributed by atoms with Crippen LogP contribution in [0.4, 0.5) is 0 Å². The van der Waals surface area contributed by atoms with Crippen LogP contribution in [-0.4, -0.2) is 35.9 Å². The van der Waals surface area contributed by atoms with Gasteiger partial charge in [0.05, 0.1) is 17.7 Å². The van der Waals surface area contributed by atoms with E-state index in [1.807, 2.05) is 37.3 Å². The number of carbonyl (C=O) groups is 1. The predicted octanol–water partition coefficient (Wildman–Crippen LogP) is 3.62. The molecule has 0 aliphatic rings. The summed E-state index contributed by atoms with van der Waals surface area (Å²) >= 11 is 1.51. The van der Waals surface area contributed by atoms with Gasteiger partial charge in [-0.2, -0.15) is 4.98 Å². The average Bonchev–Trinajstić information content (AvgIpc) is 3.11. The molecule has 1 aromatic carbocycles. The van der Waals surface area contributed by atoms with Crippen LogP contribution in [0, 0.1) is 6.92 Å². The molecule has 0 atom stereocenters. The molecule has 3 aromatic rings. The van der Waals surface area contributed by atoms with Gasteiger partial charge in [-0.1, -0.05) is 35.5 Å². The molecular formula is C20H19N3O4S. The number of nitrogens with zero attached hydrogens (tertiary/aromatic N) is 3. The normalized spacial score (nSPS) is 11.2. The Labute approximate surface area is 166 Å². The summed E-state index contributed by atoms with van der Waals surface area (Å²) in [6.45, 7) is 2.15. The Balaban J connectivity index is 1.84. The Morgan fingerprint density at radius 2 is 1.93 bits per heavy atom. The number of thiazole rings is 1. The lowest BCUT2D eigenvalue weighted by molar-refractivity contribution is -0.132. The van der Waals surface area contributed by atoms with Crippen molar-refractivity contribution in [2.24, 2.45) is 5.16 Å². The molecule has 0 saturated heterocycles. The fourth-order valence-electron chi connectivity index (χ4n) is 2.52. The summed E-state index contributed by atoms with van der Waals surface area (Å²) in [5.74, 6) is -0.0552. The first-order valence-electron chi connectivity index (χ1n) is 8.43. The van der Waals surface area contributed by atoms with Gasteiger partial charge < -0.3 is 14.3 Å². The van der Waals surface area contributed by atoms with Gasteiger partial charge in [0.2, 0.25) is 5.88 Å². The van der Waals surface area contributed by atoms with Crippen LogP contribution in [0.2, 0.25) is 0 Å². The molecule has 0 aliphatic heterocycles. The number of aryl methyl sites for hydroxylation is 1. The topological polar surface area (TPSA) is 82.9 Å². The zero-order chi connectivity index (χ0) is 19.9. The maximum absolute atomic E-state index is 12.1. The second-order valence-electron chi connectivity index (χ2n) is 5.66. The zero-order valence-electron chi connectivity index (χ0n) is 15.7. The molecule has 2 heterocycles. The van der Waals surface area contributed by atoms with Crippen molar-refractivity contribution in [1.29, 1.82) is 0 Å². The third-order valence-corrected chi connectivity index (χ3v) is 4.81. The van der Waals surface area contributed by atoms with Crippen LogP contribution in [0.1, 0.15) is 16.0 Å². The molecule has 3 rings (SSSR count). The van der Waals surface area contributed by atoms with Crippen molar-refractivity contribution in [3.05, 3.63) is 64.7 Å². The number of methoxy groups -OCH3 is 1. The number of pyridine rings is 1. The highest BCUT2D eigenvalue weighted by atomic mass is 32.1. The molecule has 7 nitrogen and oxygen atoms in total. The number of hydrogen-bond donors (Lipinski definition) is 0. The second kappa shape index (κ2) is 9.09. The molecule has 0 spiro atoms. The Hall–Kier alpha value is -3.26. The molecule has 28 heavy (non-hydrogen) atoms. The highest BCUT2D eigenvalue weighted by Crippen LogP contribution is 2.31. The molecule has 0 amide bonds. The number of benzene rings is 1. The van der Waals surface area contributed by atoms with E-state index in [2.05, 4.69) is 15.1 Å². The minimum Gasteiger partial charge on any atom is -0.472 e. The van der Waals surface area contributed by atoms with Gasteiger partial charge >= 0.3 is 5.97 Å². The minimum absolute atomic E-state index is 0.0772. The maximum Gasteiger partial charge on any atom is 0.360 e. The van der Waals surface area contributed by atoms with E-state index in [0.717, 1.165) is 21.1 Å². The highest BCUT2D eigenvalue weighted by molar-refractivity contribution is 7.15. The fraction of sp³-hybridized carbons (Fsp3) is 0.200. The van der Waals surface area contributed by atoms with Gasteiger partial charge in [0.25, 0.3) is 0 Å². The maximum atomic E-state index is 12.1. The van der Waals surface area contributed by atoms with Gasteiger partial charge in [-0.25, -0.2) is 4.79 Å². The smallest absolute Gasteiger partial charge is 0.360 e. The number of ether oxygens (including phenoxy) is 2. The average molecular weight is 397 g/mol. The SMILES string of the molecule is CO/N=C(\C(=O)OC)c1ccccc1COc1nc(-c2ccccn2)sc1C. The van der Waals surface area contributed by atoms with E-state index in [0.29, 0.717) is 11.4 Å². The van der Waals surface area contributed by atoms with Gasteiger partial charge in [-0.3, -0.25) is 4.98 Å². The second-order valence-corrected chi connectivity index (χ2v) is 6.86. The van der Waals surface area contributed by atoms with Crippen LogP contribution in [0.3, 0.4) is 0 Å². The monoisotopic (exact) mass is 397 g/mol. The van der Waals surface area contributed by atoms with Crippen LogP contribution >= 0.6 is 11.3 Å². The predicted molar refractivity (Wildman–Crippen MR) is 106 cm³/mol. The minimum atomic E-state index is -0.587. The van der Waals surface area contributed by atoms with Gasteiger partial charge in [0.1, 0.15) is 18.7 Å². The third kappa shape index (κ3) is 4.34. The molecule has 0 aliphatic carbocycles.